The van der Waals surface area contributed by atoms with Crippen molar-refractivity contribution in [3.63, 3.8) is 0 Å². The first-order valence-electron chi connectivity index (χ1n) is 9.25. The topological polar surface area (TPSA) is 80.4 Å². The number of furan rings is 1. The van der Waals surface area contributed by atoms with E-state index in [-0.39, 0.29) is 23.6 Å². The maximum absolute atomic E-state index is 13.7. The van der Waals surface area contributed by atoms with E-state index in [1.165, 1.54) is 13.0 Å². The molecule has 2 aromatic heterocycles. The number of nitrogens with one attached hydrogen (secondary N) is 1. The van der Waals surface area contributed by atoms with Crippen molar-refractivity contribution in [3.8, 4) is 0 Å². The Labute approximate surface area is 168 Å². The number of alkyl halides is 2. The van der Waals surface area contributed by atoms with Crippen LogP contribution in [0.15, 0.2) is 59.0 Å². The van der Waals surface area contributed by atoms with Gasteiger partial charge in [0.15, 0.2) is 5.54 Å². The lowest BCUT2D eigenvalue weighted by Gasteiger charge is -2.19. The van der Waals surface area contributed by atoms with Crippen molar-refractivity contribution in [2.45, 2.75) is 25.6 Å². The molecule has 1 atom stereocenters. The Bertz CT molecular complexity index is 1280. The zero-order valence-electron chi connectivity index (χ0n) is 15.8. The van der Waals surface area contributed by atoms with E-state index in [0.717, 1.165) is 14.9 Å². The molecule has 7 nitrogen and oxygen atoms in total. The van der Waals surface area contributed by atoms with Crippen LogP contribution in [0.3, 0.4) is 0 Å². The van der Waals surface area contributed by atoms with Crippen LogP contribution in [-0.2, 0) is 16.9 Å². The van der Waals surface area contributed by atoms with Crippen LogP contribution in [0.1, 0.15) is 25.1 Å². The summed E-state index contributed by atoms with van der Waals surface area (Å²) in [5.74, 6) is -0.408. The molecule has 5 rings (SSSR count). The Hall–Kier alpha value is -3.75. The molecule has 2 aromatic carbocycles. The number of hydrogen-bond acceptors (Lipinski definition) is 4. The van der Waals surface area contributed by atoms with Crippen LogP contribution in [0.25, 0.3) is 22.0 Å². The number of hydrogen-bond donors (Lipinski definition) is 1. The molecule has 4 aromatic rings. The molecular formula is C21H16F2N4O3. The van der Waals surface area contributed by atoms with E-state index in [9.17, 15) is 18.4 Å². The highest BCUT2D eigenvalue weighted by atomic mass is 19.3. The number of urea groups is 1. The highest BCUT2D eigenvalue weighted by Gasteiger charge is 2.51. The Morgan fingerprint density at radius 3 is 2.63 bits per heavy atom. The van der Waals surface area contributed by atoms with Crippen molar-refractivity contribution < 1.29 is 22.8 Å². The number of fused-ring (bicyclic) bond motifs is 2. The third kappa shape index (κ3) is 2.58. The number of carbonyl (C=O) groups is 2. The van der Waals surface area contributed by atoms with E-state index in [0.29, 0.717) is 11.1 Å². The second kappa shape index (κ2) is 6.38. The Morgan fingerprint density at radius 1 is 1.13 bits per heavy atom. The number of para-hydroxylation sites is 3. The van der Waals surface area contributed by atoms with Crippen LogP contribution in [0.2, 0.25) is 0 Å². The van der Waals surface area contributed by atoms with Crippen molar-refractivity contribution in [2.24, 2.45) is 0 Å². The quantitative estimate of drug-likeness (QED) is 0.513. The lowest BCUT2D eigenvalue weighted by molar-refractivity contribution is -0.132. The number of aromatic nitrogens is 2. The summed E-state index contributed by atoms with van der Waals surface area (Å²) in [6.45, 7) is -1.73. The van der Waals surface area contributed by atoms with Gasteiger partial charge in [0.05, 0.1) is 17.6 Å². The molecule has 1 saturated heterocycles. The van der Waals surface area contributed by atoms with Gasteiger partial charge in [-0.05, 0) is 31.2 Å². The molecule has 0 unspecified atom stereocenters. The van der Waals surface area contributed by atoms with Crippen LogP contribution in [0, 0.1) is 0 Å². The first kappa shape index (κ1) is 18.3. The summed E-state index contributed by atoms with van der Waals surface area (Å²) >= 11 is 0. The molecule has 1 aliphatic heterocycles. The largest absolute Gasteiger partial charge is 0.458 e. The number of benzene rings is 2. The second-order valence-corrected chi connectivity index (χ2v) is 7.26. The number of imide groups is 1. The summed E-state index contributed by atoms with van der Waals surface area (Å²) in [4.78, 5) is 30.9. The molecule has 0 saturated carbocycles. The smallest absolute Gasteiger partial charge is 0.325 e. The summed E-state index contributed by atoms with van der Waals surface area (Å²) in [6, 6.07) is 14.6. The van der Waals surface area contributed by atoms with Gasteiger partial charge in [-0.25, -0.2) is 9.78 Å². The number of rotatable bonds is 4. The van der Waals surface area contributed by atoms with Gasteiger partial charge < -0.3 is 9.73 Å². The lowest BCUT2D eigenvalue weighted by Crippen LogP contribution is -2.40. The number of halogens is 2. The molecule has 30 heavy (non-hydrogen) atoms. The molecular weight excluding hydrogens is 394 g/mol. The zero-order chi connectivity index (χ0) is 21.0. The minimum Gasteiger partial charge on any atom is -0.458 e. The first-order valence-corrected chi connectivity index (χ1v) is 9.25. The summed E-state index contributed by atoms with van der Waals surface area (Å²) < 4.78 is 33.9. The number of nitrogens with zero attached hydrogens (tertiary/aromatic N) is 3. The number of carbonyl (C=O) groups excluding carboxylic acids is 2. The Morgan fingerprint density at radius 2 is 1.87 bits per heavy atom. The molecule has 0 bridgehead atoms. The van der Waals surface area contributed by atoms with Gasteiger partial charge in [0, 0.05) is 5.39 Å². The first-order chi connectivity index (χ1) is 14.4. The third-order valence-electron chi connectivity index (χ3n) is 5.36. The average molecular weight is 410 g/mol. The van der Waals surface area contributed by atoms with Crippen molar-refractivity contribution in [2.75, 3.05) is 0 Å². The fraction of sp³-hybridized carbons (Fsp3) is 0.190. The lowest BCUT2D eigenvalue weighted by atomic mass is 9.99. The van der Waals surface area contributed by atoms with Gasteiger partial charge in [-0.15, -0.1) is 0 Å². The van der Waals surface area contributed by atoms with Crippen molar-refractivity contribution >= 4 is 33.9 Å². The Balaban J connectivity index is 1.52. The van der Waals surface area contributed by atoms with E-state index < -0.39 is 24.0 Å². The van der Waals surface area contributed by atoms with Crippen LogP contribution in [-0.4, -0.2) is 26.4 Å². The summed E-state index contributed by atoms with van der Waals surface area (Å²) in [7, 11) is 0. The molecule has 0 aliphatic carbocycles. The molecule has 152 valence electrons. The molecule has 0 spiro atoms. The highest BCUT2D eigenvalue weighted by Crippen LogP contribution is 2.34. The number of imidazole rings is 1. The average Bonchev–Trinajstić information content (AvgIpc) is 3.37. The van der Waals surface area contributed by atoms with E-state index in [4.69, 9.17) is 4.42 Å². The van der Waals surface area contributed by atoms with Gasteiger partial charge in [-0.1, -0.05) is 30.3 Å². The molecule has 1 aliphatic rings. The molecule has 1 N–H and O–H groups in total. The van der Waals surface area contributed by atoms with Crippen LogP contribution in [0.5, 0.6) is 0 Å². The van der Waals surface area contributed by atoms with Crippen molar-refractivity contribution in [1.82, 2.24) is 19.8 Å². The minimum absolute atomic E-state index is 0.0800. The van der Waals surface area contributed by atoms with Gasteiger partial charge >= 0.3 is 12.6 Å². The maximum atomic E-state index is 13.7. The molecule has 9 heteroatoms. The van der Waals surface area contributed by atoms with Gasteiger partial charge in [0.2, 0.25) is 0 Å². The van der Waals surface area contributed by atoms with E-state index in [1.54, 1.807) is 36.4 Å². The highest BCUT2D eigenvalue weighted by molar-refractivity contribution is 6.07. The predicted octanol–water partition coefficient (Wildman–Crippen LogP) is 4.14. The predicted molar refractivity (Wildman–Crippen MR) is 104 cm³/mol. The number of amides is 3. The van der Waals surface area contributed by atoms with Gasteiger partial charge in [0.1, 0.15) is 17.2 Å². The van der Waals surface area contributed by atoms with Gasteiger partial charge in [-0.2, -0.15) is 8.78 Å². The van der Waals surface area contributed by atoms with Crippen molar-refractivity contribution in [3.05, 3.63) is 66.2 Å². The summed E-state index contributed by atoms with van der Waals surface area (Å²) in [6.07, 6.45) is 0. The fourth-order valence-corrected chi connectivity index (χ4v) is 3.80. The van der Waals surface area contributed by atoms with Crippen LogP contribution in [0.4, 0.5) is 13.6 Å². The normalized spacial score (nSPS) is 19.4. The monoisotopic (exact) mass is 410 g/mol. The molecule has 3 heterocycles. The van der Waals surface area contributed by atoms with Crippen molar-refractivity contribution in [1.29, 1.82) is 0 Å². The Kier molecular flexibility index (Phi) is 3.89. The standard InChI is InChI=1S/C21H16F2N4O3/c1-21(16-10-12-6-2-5-9-15(12)30-16)18(28)26(20(29)25-21)11-17-24-13-7-3-4-8-14(13)27(17)19(22)23/h2-10,19H,11H2,1H3,(H,25,29)/t21-/m1/s1. The fourth-order valence-electron chi connectivity index (χ4n) is 3.80. The second-order valence-electron chi connectivity index (χ2n) is 7.26. The minimum atomic E-state index is -2.87. The van der Waals surface area contributed by atoms with Crippen LogP contribution < -0.4 is 5.32 Å². The maximum Gasteiger partial charge on any atom is 0.325 e. The van der Waals surface area contributed by atoms with E-state index >= 15 is 0 Å². The third-order valence-corrected chi connectivity index (χ3v) is 5.36. The molecule has 1 fully saturated rings. The van der Waals surface area contributed by atoms with E-state index in [1.807, 2.05) is 12.1 Å². The summed E-state index contributed by atoms with van der Waals surface area (Å²) in [5.41, 5.74) is -0.277. The van der Waals surface area contributed by atoms with Gasteiger partial charge in [0.25, 0.3) is 5.91 Å². The van der Waals surface area contributed by atoms with E-state index in [2.05, 4.69) is 10.3 Å². The molecule has 3 amide bonds. The van der Waals surface area contributed by atoms with Gasteiger partial charge in [-0.3, -0.25) is 14.3 Å². The SMILES string of the molecule is C[C@]1(c2cc3ccccc3o2)NC(=O)N(Cc2nc3ccccc3n2C(F)F)C1=O. The zero-order valence-corrected chi connectivity index (χ0v) is 15.8. The van der Waals surface area contributed by atoms with Crippen LogP contribution >= 0.6 is 0 Å². The molecule has 0 radical (unpaired) electrons. The summed E-state index contributed by atoms with van der Waals surface area (Å²) in [5, 5.41) is 3.42.